The number of carbonyl (C=O) groups is 7. The standard InChI is InChI=1S/C43H54BN7O12/c1-5-9-11-12-31(34(7-3)51(27-52)63-42(57)28-13-16-30(17-14-28)50-25-47-48-26-50)39(54)45-24-46-41(56)36-20-19-35(61-36)29-15-18-32(37(22-29)59-8-4)40(55)49-33(23-38(53)62-44)43(58)60-21-10-6-2/h13-20,22,25-27,31,33-34H,5-12,21,23-24,44H2,1-4H3,(H,45,54)(H,46,56)(H,49,55)/t31-,33+,34-/m1/s1. The quantitative estimate of drug-likeness (QED) is 0.0203. The largest absolute Gasteiger partial charge is 0.543 e. The Morgan fingerprint density at radius 3 is 2.27 bits per heavy atom. The number of aromatic nitrogens is 3. The third-order valence-corrected chi connectivity index (χ3v) is 9.86. The van der Waals surface area contributed by atoms with E-state index in [-0.39, 0.29) is 54.7 Å². The van der Waals surface area contributed by atoms with Crippen molar-refractivity contribution in [2.24, 2.45) is 5.92 Å². The Morgan fingerprint density at radius 2 is 1.62 bits per heavy atom. The van der Waals surface area contributed by atoms with Crippen molar-refractivity contribution in [2.45, 2.75) is 91.1 Å². The molecule has 2 aromatic heterocycles. The van der Waals surface area contributed by atoms with Crippen LogP contribution in [0.15, 0.2) is 71.7 Å². The summed E-state index contributed by atoms with van der Waals surface area (Å²) in [5.41, 5.74) is 1.42. The minimum Gasteiger partial charge on any atom is -0.543 e. The Labute approximate surface area is 365 Å². The fourth-order valence-electron chi connectivity index (χ4n) is 6.45. The van der Waals surface area contributed by atoms with E-state index in [1.165, 1.54) is 51.0 Å². The molecule has 0 saturated carbocycles. The molecule has 2 heterocycles. The zero-order valence-electron chi connectivity index (χ0n) is 36.1. The van der Waals surface area contributed by atoms with Gasteiger partial charge in [0.05, 0.1) is 49.4 Å². The number of ether oxygens (including phenoxy) is 2. The van der Waals surface area contributed by atoms with Gasteiger partial charge < -0.3 is 39.3 Å². The SMILES string of the molecule is BOC(=O)C[C@H](NC(=O)c1ccc(-c2ccc(C(=O)NCNC(=O)[C@H](CCCCC)[C@@H](CC)N(C=O)OC(=O)c3ccc(-n4cnnc4)cc3)o2)cc1OCC)C(=O)OCCCC. The molecule has 4 rings (SSSR count). The van der Waals surface area contributed by atoms with E-state index in [9.17, 15) is 33.6 Å². The molecule has 0 aliphatic rings. The molecule has 20 heteroatoms. The number of nitrogens with zero attached hydrogens (tertiary/aromatic N) is 4. The molecule has 0 aliphatic carbocycles. The maximum absolute atomic E-state index is 13.7. The van der Waals surface area contributed by atoms with E-state index in [0.717, 1.165) is 24.3 Å². The molecule has 4 amide bonds. The molecule has 63 heavy (non-hydrogen) atoms. The van der Waals surface area contributed by atoms with Gasteiger partial charge in [0.2, 0.25) is 12.3 Å². The van der Waals surface area contributed by atoms with Gasteiger partial charge in [0, 0.05) is 11.3 Å². The lowest BCUT2D eigenvalue weighted by atomic mass is 9.90. The molecule has 336 valence electrons. The number of benzene rings is 2. The summed E-state index contributed by atoms with van der Waals surface area (Å²) in [5, 5.41) is 16.3. The first-order valence-electron chi connectivity index (χ1n) is 20.9. The van der Waals surface area contributed by atoms with Crippen LogP contribution in [-0.4, -0.2) is 102 Å². The maximum atomic E-state index is 13.7. The highest BCUT2D eigenvalue weighted by atomic mass is 16.7. The second-order valence-electron chi connectivity index (χ2n) is 14.2. The van der Waals surface area contributed by atoms with Crippen LogP contribution in [-0.2, 0) is 33.4 Å². The minimum absolute atomic E-state index is 0.0692. The summed E-state index contributed by atoms with van der Waals surface area (Å²) in [4.78, 5) is 95.9. The van der Waals surface area contributed by atoms with E-state index < -0.39 is 60.1 Å². The van der Waals surface area contributed by atoms with Crippen LogP contribution in [0.2, 0.25) is 0 Å². The summed E-state index contributed by atoms with van der Waals surface area (Å²) >= 11 is 0. The van der Waals surface area contributed by atoms with Gasteiger partial charge in [-0.25, -0.2) is 9.59 Å². The smallest absolute Gasteiger partial charge is 0.363 e. The van der Waals surface area contributed by atoms with Gasteiger partial charge in [0.1, 0.15) is 30.2 Å². The van der Waals surface area contributed by atoms with E-state index in [0.29, 0.717) is 36.9 Å². The van der Waals surface area contributed by atoms with E-state index in [4.69, 9.17) is 23.4 Å². The molecule has 0 saturated heterocycles. The van der Waals surface area contributed by atoms with E-state index in [1.807, 2.05) is 13.8 Å². The number of nitrogens with one attached hydrogen (secondary N) is 3. The van der Waals surface area contributed by atoms with Crippen molar-refractivity contribution in [1.29, 1.82) is 0 Å². The lowest BCUT2D eigenvalue weighted by molar-refractivity contribution is -0.171. The van der Waals surface area contributed by atoms with E-state index in [2.05, 4.69) is 26.1 Å². The summed E-state index contributed by atoms with van der Waals surface area (Å²) in [7, 11) is 1.17. The van der Waals surface area contributed by atoms with Gasteiger partial charge in [0.15, 0.2) is 5.76 Å². The molecular weight excluding hydrogens is 817 g/mol. The van der Waals surface area contributed by atoms with Gasteiger partial charge in [-0.15, -0.1) is 10.2 Å². The van der Waals surface area contributed by atoms with Gasteiger partial charge in [-0.05, 0) is 74.7 Å². The molecule has 19 nitrogen and oxygen atoms in total. The molecular formula is C43H54BN7O12. The molecule has 0 fully saturated rings. The van der Waals surface area contributed by atoms with Gasteiger partial charge in [-0.3, -0.25) is 28.5 Å². The first-order chi connectivity index (χ1) is 30.5. The van der Waals surface area contributed by atoms with Crippen LogP contribution in [0.25, 0.3) is 17.0 Å². The van der Waals surface area contributed by atoms with Crippen LogP contribution in [0, 0.1) is 5.92 Å². The average molecular weight is 872 g/mol. The monoisotopic (exact) mass is 871 g/mol. The molecule has 4 aromatic rings. The Balaban J connectivity index is 1.40. The molecule has 2 aromatic carbocycles. The number of amides is 4. The molecule has 3 N–H and O–H groups in total. The van der Waals surface area contributed by atoms with Crippen LogP contribution in [0.1, 0.15) is 110 Å². The Kier molecular flexibility index (Phi) is 19.4. The Morgan fingerprint density at radius 1 is 0.889 bits per heavy atom. The number of hydrogen-bond donors (Lipinski definition) is 3. The second kappa shape index (κ2) is 25.1. The predicted octanol–water partition coefficient (Wildman–Crippen LogP) is 3.86. The molecule has 0 bridgehead atoms. The van der Waals surface area contributed by atoms with Crippen LogP contribution in [0.5, 0.6) is 5.75 Å². The van der Waals surface area contributed by atoms with Crippen LogP contribution in [0.4, 0.5) is 0 Å². The van der Waals surface area contributed by atoms with Crippen molar-refractivity contribution in [3.8, 4) is 22.8 Å². The van der Waals surface area contributed by atoms with Crippen molar-refractivity contribution in [1.82, 2.24) is 35.8 Å². The zero-order valence-corrected chi connectivity index (χ0v) is 36.1. The number of esters is 1. The number of furan rings is 1. The summed E-state index contributed by atoms with van der Waals surface area (Å²) in [6, 6.07) is 11.8. The predicted molar refractivity (Wildman–Crippen MR) is 229 cm³/mol. The number of carbonyl (C=O) groups excluding carboxylic acids is 7. The normalized spacial score (nSPS) is 12.2. The van der Waals surface area contributed by atoms with Crippen LogP contribution < -0.4 is 20.7 Å². The molecule has 0 aliphatic heterocycles. The first-order valence-corrected chi connectivity index (χ1v) is 20.9. The zero-order chi connectivity index (χ0) is 45.7. The third-order valence-electron chi connectivity index (χ3n) is 9.86. The topological polar surface area (TPSA) is 240 Å². The van der Waals surface area contributed by atoms with Gasteiger partial charge in [0.25, 0.3) is 17.8 Å². The highest BCUT2D eigenvalue weighted by Gasteiger charge is 2.34. The summed E-state index contributed by atoms with van der Waals surface area (Å²) in [5.74, 6) is -4.53. The second-order valence-corrected chi connectivity index (χ2v) is 14.2. The summed E-state index contributed by atoms with van der Waals surface area (Å²) in [6.07, 6.45) is 7.39. The Hall–Kier alpha value is -6.99. The molecule has 0 unspecified atom stereocenters. The minimum atomic E-state index is -1.30. The van der Waals surface area contributed by atoms with Crippen molar-refractivity contribution in [3.63, 3.8) is 0 Å². The summed E-state index contributed by atoms with van der Waals surface area (Å²) < 4.78 is 23.2. The lowest BCUT2D eigenvalue weighted by Crippen LogP contribution is -2.49. The fraction of sp³-hybridized carbons (Fsp3) is 0.419. The van der Waals surface area contributed by atoms with Crippen molar-refractivity contribution >= 4 is 50.1 Å². The van der Waals surface area contributed by atoms with Crippen LogP contribution in [0.3, 0.4) is 0 Å². The first kappa shape index (κ1) is 48.7. The highest BCUT2D eigenvalue weighted by molar-refractivity contribution is 6.06. The van der Waals surface area contributed by atoms with E-state index in [1.54, 1.807) is 42.7 Å². The van der Waals surface area contributed by atoms with Gasteiger partial charge >= 0.3 is 20.0 Å². The van der Waals surface area contributed by atoms with Gasteiger partial charge in [-0.1, -0.05) is 52.5 Å². The highest BCUT2D eigenvalue weighted by Crippen LogP contribution is 2.30. The van der Waals surface area contributed by atoms with Crippen LogP contribution >= 0.6 is 0 Å². The summed E-state index contributed by atoms with van der Waals surface area (Å²) in [6.45, 7) is 7.47. The van der Waals surface area contributed by atoms with Gasteiger partial charge in [-0.2, -0.15) is 5.06 Å². The van der Waals surface area contributed by atoms with E-state index >= 15 is 0 Å². The number of rotatable bonds is 26. The molecule has 0 spiro atoms. The molecule has 3 atom stereocenters. The number of hydrogen-bond acceptors (Lipinski definition) is 14. The van der Waals surface area contributed by atoms with Crippen molar-refractivity contribution in [3.05, 3.63) is 84.1 Å². The fourth-order valence-corrected chi connectivity index (χ4v) is 6.45. The molecule has 0 radical (unpaired) electrons. The van der Waals surface area contributed by atoms with Crippen molar-refractivity contribution in [2.75, 3.05) is 19.9 Å². The number of hydroxylamine groups is 2. The number of unbranched alkanes of at least 4 members (excludes halogenated alkanes) is 3. The Bertz CT molecular complexity index is 2150. The average Bonchev–Trinajstić information content (AvgIpc) is 4.02. The lowest BCUT2D eigenvalue weighted by Gasteiger charge is -2.31. The van der Waals surface area contributed by atoms with Crippen molar-refractivity contribution < 1.29 is 56.9 Å². The maximum Gasteiger partial charge on any atom is 0.363 e. The third kappa shape index (κ3) is 14.0.